The first-order valence-electron chi connectivity index (χ1n) is 5.75. The Balaban J connectivity index is 2.15. The van der Waals surface area contributed by atoms with Crippen molar-refractivity contribution < 1.29 is 14.6 Å². The summed E-state index contributed by atoms with van der Waals surface area (Å²) in [5.74, 6) is 0. The van der Waals surface area contributed by atoms with E-state index in [-0.39, 0.29) is 31.0 Å². The number of nitrogens with two attached hydrogens (primary N) is 1. The minimum absolute atomic E-state index is 0.0317. The SMILES string of the molecule is CC1CC(OCCC(N)CO)CC(C)O1. The van der Waals surface area contributed by atoms with E-state index in [2.05, 4.69) is 13.8 Å². The zero-order valence-corrected chi connectivity index (χ0v) is 9.69. The quantitative estimate of drug-likeness (QED) is 0.710. The molecule has 0 radical (unpaired) electrons. The Morgan fingerprint density at radius 1 is 1.40 bits per heavy atom. The second kappa shape index (κ2) is 6.43. The van der Waals surface area contributed by atoms with Crippen LogP contribution in [0.5, 0.6) is 0 Å². The van der Waals surface area contributed by atoms with Gasteiger partial charge in [-0.15, -0.1) is 0 Å². The number of aliphatic hydroxyl groups is 1. The Morgan fingerprint density at radius 2 is 2.00 bits per heavy atom. The molecule has 4 nitrogen and oxygen atoms in total. The van der Waals surface area contributed by atoms with Crippen molar-refractivity contribution in [3.05, 3.63) is 0 Å². The topological polar surface area (TPSA) is 64.7 Å². The van der Waals surface area contributed by atoms with Gasteiger partial charge in [0.05, 0.1) is 24.9 Å². The minimum atomic E-state index is -0.153. The lowest BCUT2D eigenvalue weighted by Crippen LogP contribution is -2.35. The van der Waals surface area contributed by atoms with Gasteiger partial charge >= 0.3 is 0 Å². The third kappa shape index (κ3) is 4.93. The van der Waals surface area contributed by atoms with E-state index in [1.54, 1.807) is 0 Å². The van der Waals surface area contributed by atoms with Crippen molar-refractivity contribution in [3.8, 4) is 0 Å². The lowest BCUT2D eigenvalue weighted by molar-refractivity contribution is -0.102. The highest BCUT2D eigenvalue weighted by molar-refractivity contribution is 4.73. The number of aliphatic hydroxyl groups excluding tert-OH is 1. The molecule has 0 amide bonds. The van der Waals surface area contributed by atoms with E-state index in [0.717, 1.165) is 19.3 Å². The predicted molar refractivity (Wildman–Crippen MR) is 58.7 cm³/mol. The minimum Gasteiger partial charge on any atom is -0.395 e. The monoisotopic (exact) mass is 217 g/mol. The molecule has 0 bridgehead atoms. The number of hydrogen-bond donors (Lipinski definition) is 2. The van der Waals surface area contributed by atoms with Crippen LogP contribution in [0.4, 0.5) is 0 Å². The van der Waals surface area contributed by atoms with Crippen LogP contribution in [-0.4, -0.2) is 42.7 Å². The number of rotatable bonds is 5. The van der Waals surface area contributed by atoms with Crippen molar-refractivity contribution in [2.75, 3.05) is 13.2 Å². The highest BCUT2D eigenvalue weighted by Gasteiger charge is 2.24. The summed E-state index contributed by atoms with van der Waals surface area (Å²) in [6, 6.07) is -0.153. The van der Waals surface area contributed by atoms with E-state index in [1.807, 2.05) is 0 Å². The molecule has 1 aliphatic rings. The molecule has 90 valence electrons. The van der Waals surface area contributed by atoms with Crippen LogP contribution in [0.25, 0.3) is 0 Å². The first-order chi connectivity index (χ1) is 7.11. The molecule has 0 aromatic rings. The van der Waals surface area contributed by atoms with E-state index >= 15 is 0 Å². The second-order valence-electron chi connectivity index (χ2n) is 4.45. The Hall–Kier alpha value is -0.160. The van der Waals surface area contributed by atoms with Crippen molar-refractivity contribution in [3.63, 3.8) is 0 Å². The van der Waals surface area contributed by atoms with Crippen LogP contribution in [-0.2, 0) is 9.47 Å². The van der Waals surface area contributed by atoms with Gasteiger partial charge in [0.2, 0.25) is 0 Å². The zero-order chi connectivity index (χ0) is 11.3. The van der Waals surface area contributed by atoms with Gasteiger partial charge in [-0.1, -0.05) is 0 Å². The van der Waals surface area contributed by atoms with E-state index in [1.165, 1.54) is 0 Å². The zero-order valence-electron chi connectivity index (χ0n) is 9.69. The molecule has 15 heavy (non-hydrogen) atoms. The molecule has 1 saturated heterocycles. The summed E-state index contributed by atoms with van der Waals surface area (Å²) in [5.41, 5.74) is 5.59. The highest BCUT2D eigenvalue weighted by atomic mass is 16.5. The predicted octanol–water partition coefficient (Wildman–Crippen LogP) is 0.669. The fourth-order valence-corrected chi connectivity index (χ4v) is 1.96. The first kappa shape index (κ1) is 12.9. The van der Waals surface area contributed by atoms with E-state index in [4.69, 9.17) is 20.3 Å². The van der Waals surface area contributed by atoms with Crippen LogP contribution >= 0.6 is 0 Å². The molecule has 3 atom stereocenters. The molecule has 3 N–H and O–H groups in total. The largest absolute Gasteiger partial charge is 0.395 e. The average molecular weight is 217 g/mol. The smallest absolute Gasteiger partial charge is 0.0624 e. The van der Waals surface area contributed by atoms with Crippen molar-refractivity contribution >= 4 is 0 Å². The summed E-state index contributed by atoms with van der Waals surface area (Å²) >= 11 is 0. The highest BCUT2D eigenvalue weighted by Crippen LogP contribution is 2.21. The molecule has 1 aliphatic heterocycles. The number of ether oxygens (including phenoxy) is 2. The summed E-state index contributed by atoms with van der Waals surface area (Å²) in [4.78, 5) is 0. The molecule has 0 aromatic carbocycles. The molecule has 0 aliphatic carbocycles. The Kier molecular flexibility index (Phi) is 5.53. The van der Waals surface area contributed by atoms with Gasteiger partial charge in [-0.25, -0.2) is 0 Å². The van der Waals surface area contributed by atoms with Crippen LogP contribution < -0.4 is 5.73 Å². The Labute approximate surface area is 91.7 Å². The summed E-state index contributed by atoms with van der Waals surface area (Å²) in [7, 11) is 0. The first-order valence-corrected chi connectivity index (χ1v) is 5.75. The standard InChI is InChI=1S/C11H23NO3/c1-8-5-11(6-9(2)15-8)14-4-3-10(12)7-13/h8-11,13H,3-7,12H2,1-2H3. The van der Waals surface area contributed by atoms with E-state index < -0.39 is 0 Å². The van der Waals surface area contributed by atoms with Crippen LogP contribution in [0.1, 0.15) is 33.1 Å². The second-order valence-corrected chi connectivity index (χ2v) is 4.45. The van der Waals surface area contributed by atoms with Gasteiger partial charge in [0.1, 0.15) is 0 Å². The van der Waals surface area contributed by atoms with Gasteiger partial charge in [0, 0.05) is 12.6 Å². The summed E-state index contributed by atoms with van der Waals surface area (Å²) in [5, 5.41) is 8.76. The van der Waals surface area contributed by atoms with Crippen LogP contribution in [0.15, 0.2) is 0 Å². The maximum Gasteiger partial charge on any atom is 0.0624 e. The van der Waals surface area contributed by atoms with Gasteiger partial charge in [0.25, 0.3) is 0 Å². The molecule has 3 unspecified atom stereocenters. The summed E-state index contributed by atoms with van der Waals surface area (Å²) < 4.78 is 11.3. The maximum absolute atomic E-state index is 8.76. The molecule has 0 saturated carbocycles. The van der Waals surface area contributed by atoms with Crippen LogP contribution in [0, 0.1) is 0 Å². The molecule has 1 fully saturated rings. The molecule has 0 spiro atoms. The van der Waals surface area contributed by atoms with Gasteiger partial charge in [-0.3, -0.25) is 0 Å². The maximum atomic E-state index is 8.76. The van der Waals surface area contributed by atoms with Gasteiger partial charge in [-0.2, -0.15) is 0 Å². The third-order valence-electron chi connectivity index (χ3n) is 2.73. The van der Waals surface area contributed by atoms with Gasteiger partial charge < -0.3 is 20.3 Å². The molecule has 4 heteroatoms. The van der Waals surface area contributed by atoms with Gasteiger partial charge in [0.15, 0.2) is 0 Å². The van der Waals surface area contributed by atoms with Crippen molar-refractivity contribution in [2.24, 2.45) is 5.73 Å². The average Bonchev–Trinajstić information content (AvgIpc) is 2.16. The molecular formula is C11H23NO3. The molecule has 0 aromatic heterocycles. The van der Waals surface area contributed by atoms with Crippen LogP contribution in [0.2, 0.25) is 0 Å². The fraction of sp³-hybridized carbons (Fsp3) is 1.00. The van der Waals surface area contributed by atoms with Gasteiger partial charge in [-0.05, 0) is 33.1 Å². The molecule has 1 heterocycles. The lowest BCUT2D eigenvalue weighted by Gasteiger charge is -2.32. The van der Waals surface area contributed by atoms with Crippen LogP contribution in [0.3, 0.4) is 0 Å². The fourth-order valence-electron chi connectivity index (χ4n) is 1.96. The molecular weight excluding hydrogens is 194 g/mol. The molecule has 1 rings (SSSR count). The van der Waals surface area contributed by atoms with Crippen molar-refractivity contribution in [1.29, 1.82) is 0 Å². The normalized spacial score (nSPS) is 34.0. The van der Waals surface area contributed by atoms with E-state index in [0.29, 0.717) is 6.61 Å². The van der Waals surface area contributed by atoms with Crippen molar-refractivity contribution in [1.82, 2.24) is 0 Å². The van der Waals surface area contributed by atoms with E-state index in [9.17, 15) is 0 Å². The number of hydrogen-bond acceptors (Lipinski definition) is 4. The summed E-state index contributed by atoms with van der Waals surface area (Å²) in [6.07, 6.45) is 3.48. The lowest BCUT2D eigenvalue weighted by atomic mass is 10.0. The Morgan fingerprint density at radius 3 is 2.53 bits per heavy atom. The summed E-state index contributed by atoms with van der Waals surface area (Å²) in [6.45, 7) is 4.81. The van der Waals surface area contributed by atoms with Crippen molar-refractivity contribution in [2.45, 2.75) is 57.5 Å². The Bertz CT molecular complexity index is 167. The third-order valence-corrected chi connectivity index (χ3v) is 2.73.